The Kier molecular flexibility index (Phi) is 8.70. The van der Waals surface area contributed by atoms with Crippen LogP contribution in [0.4, 0.5) is 0 Å². The van der Waals surface area contributed by atoms with Gasteiger partial charge in [0.25, 0.3) is 0 Å². The number of benzene rings is 1. The molecule has 0 aromatic heterocycles. The van der Waals surface area contributed by atoms with E-state index in [9.17, 15) is 0 Å². The Bertz CT molecular complexity index is 396. The molecule has 0 saturated carbocycles. The summed E-state index contributed by atoms with van der Waals surface area (Å²) in [6, 6.07) is 4.12. The van der Waals surface area contributed by atoms with Gasteiger partial charge in [-0.1, -0.05) is 22.9 Å². The standard InChI is InChI=1S/C16H26BrNO2/c1-4-18-10-8-7-9-13-11-15(19-5-2)16(20-6-3)12-14(13)17/h11-12,18H,4-10H2,1-3H3. The highest BCUT2D eigenvalue weighted by molar-refractivity contribution is 9.10. The van der Waals surface area contributed by atoms with E-state index < -0.39 is 0 Å². The van der Waals surface area contributed by atoms with Gasteiger partial charge in [0.2, 0.25) is 0 Å². The average molecular weight is 344 g/mol. The first-order valence-corrected chi connectivity index (χ1v) is 8.30. The molecule has 0 radical (unpaired) electrons. The van der Waals surface area contributed by atoms with E-state index in [0.29, 0.717) is 13.2 Å². The summed E-state index contributed by atoms with van der Waals surface area (Å²) < 4.78 is 12.4. The number of unbranched alkanes of at least 4 members (excludes halogenated alkanes) is 1. The Morgan fingerprint density at radius 1 is 1.00 bits per heavy atom. The van der Waals surface area contributed by atoms with E-state index in [1.54, 1.807) is 0 Å². The minimum Gasteiger partial charge on any atom is -0.490 e. The Balaban J connectivity index is 2.67. The molecule has 0 heterocycles. The van der Waals surface area contributed by atoms with Crippen LogP contribution in [0.3, 0.4) is 0 Å². The van der Waals surface area contributed by atoms with Gasteiger partial charge in [-0.15, -0.1) is 0 Å². The maximum atomic E-state index is 5.67. The third-order valence-corrected chi connectivity index (χ3v) is 3.75. The van der Waals surface area contributed by atoms with Gasteiger partial charge in [0.15, 0.2) is 11.5 Å². The van der Waals surface area contributed by atoms with Crippen LogP contribution in [0.1, 0.15) is 39.2 Å². The Morgan fingerprint density at radius 2 is 1.65 bits per heavy atom. The molecule has 1 aromatic rings. The van der Waals surface area contributed by atoms with Gasteiger partial charge >= 0.3 is 0 Å². The zero-order valence-corrected chi connectivity index (χ0v) is 14.4. The fourth-order valence-corrected chi connectivity index (χ4v) is 2.57. The summed E-state index contributed by atoms with van der Waals surface area (Å²) >= 11 is 3.63. The van der Waals surface area contributed by atoms with E-state index in [4.69, 9.17) is 9.47 Å². The van der Waals surface area contributed by atoms with Gasteiger partial charge in [-0.05, 0) is 63.9 Å². The fraction of sp³-hybridized carbons (Fsp3) is 0.625. The predicted octanol–water partition coefficient (Wildman–Crippen LogP) is 4.18. The summed E-state index contributed by atoms with van der Waals surface area (Å²) in [5.74, 6) is 1.66. The highest BCUT2D eigenvalue weighted by Crippen LogP contribution is 2.34. The molecule has 3 nitrogen and oxygen atoms in total. The van der Waals surface area contributed by atoms with Gasteiger partial charge in [0, 0.05) is 4.47 Å². The molecule has 1 rings (SSSR count). The van der Waals surface area contributed by atoms with Crippen molar-refractivity contribution in [1.29, 1.82) is 0 Å². The number of hydrogen-bond donors (Lipinski definition) is 1. The Hall–Kier alpha value is -0.740. The normalized spacial score (nSPS) is 10.6. The highest BCUT2D eigenvalue weighted by Gasteiger charge is 2.10. The van der Waals surface area contributed by atoms with Crippen molar-refractivity contribution in [1.82, 2.24) is 5.32 Å². The first-order valence-electron chi connectivity index (χ1n) is 7.51. The SMILES string of the molecule is CCNCCCCc1cc(OCC)c(OCC)cc1Br. The van der Waals surface area contributed by atoms with E-state index >= 15 is 0 Å². The summed E-state index contributed by atoms with van der Waals surface area (Å²) in [6.07, 6.45) is 3.42. The van der Waals surface area contributed by atoms with Gasteiger partial charge in [-0.3, -0.25) is 0 Å². The lowest BCUT2D eigenvalue weighted by Crippen LogP contribution is -2.13. The summed E-state index contributed by atoms with van der Waals surface area (Å²) in [7, 11) is 0. The van der Waals surface area contributed by atoms with E-state index in [-0.39, 0.29) is 0 Å². The van der Waals surface area contributed by atoms with Crippen molar-refractivity contribution in [2.45, 2.75) is 40.0 Å². The van der Waals surface area contributed by atoms with Crippen molar-refractivity contribution >= 4 is 15.9 Å². The summed E-state index contributed by atoms with van der Waals surface area (Å²) in [5.41, 5.74) is 1.29. The Labute approximate surface area is 131 Å². The molecule has 0 spiro atoms. The second kappa shape index (κ2) is 10.1. The first-order chi connectivity index (χ1) is 9.72. The molecular weight excluding hydrogens is 318 g/mol. The van der Waals surface area contributed by atoms with Gasteiger partial charge in [-0.25, -0.2) is 0 Å². The molecule has 0 amide bonds. The quantitative estimate of drug-likeness (QED) is 0.646. The first kappa shape index (κ1) is 17.3. The van der Waals surface area contributed by atoms with E-state index in [1.807, 2.05) is 19.9 Å². The summed E-state index contributed by atoms with van der Waals surface area (Å²) in [5, 5.41) is 3.35. The molecule has 0 aliphatic rings. The third-order valence-electron chi connectivity index (χ3n) is 3.01. The molecule has 4 heteroatoms. The van der Waals surface area contributed by atoms with Gasteiger partial charge < -0.3 is 14.8 Å². The zero-order valence-electron chi connectivity index (χ0n) is 12.8. The van der Waals surface area contributed by atoms with Gasteiger partial charge in [0.1, 0.15) is 0 Å². The topological polar surface area (TPSA) is 30.5 Å². The zero-order chi connectivity index (χ0) is 14.8. The van der Waals surface area contributed by atoms with Crippen LogP contribution in [0, 0.1) is 0 Å². The van der Waals surface area contributed by atoms with Crippen molar-refractivity contribution in [3.05, 3.63) is 22.2 Å². The van der Waals surface area contributed by atoms with Crippen LogP contribution in [-0.4, -0.2) is 26.3 Å². The van der Waals surface area contributed by atoms with Crippen LogP contribution in [0.5, 0.6) is 11.5 Å². The molecule has 0 aliphatic carbocycles. The van der Waals surface area contributed by atoms with Gasteiger partial charge in [-0.2, -0.15) is 0 Å². The lowest BCUT2D eigenvalue weighted by Gasteiger charge is -2.14. The largest absolute Gasteiger partial charge is 0.490 e. The van der Waals surface area contributed by atoms with Crippen molar-refractivity contribution < 1.29 is 9.47 Å². The molecule has 0 unspecified atom stereocenters. The maximum Gasteiger partial charge on any atom is 0.162 e. The van der Waals surface area contributed by atoms with Crippen molar-refractivity contribution in [2.24, 2.45) is 0 Å². The number of rotatable bonds is 10. The number of aryl methyl sites for hydroxylation is 1. The third kappa shape index (κ3) is 5.71. The lowest BCUT2D eigenvalue weighted by molar-refractivity contribution is 0.287. The number of hydrogen-bond acceptors (Lipinski definition) is 3. The van der Waals surface area contributed by atoms with Crippen LogP contribution < -0.4 is 14.8 Å². The minimum absolute atomic E-state index is 0.647. The monoisotopic (exact) mass is 343 g/mol. The molecule has 1 N–H and O–H groups in total. The molecule has 114 valence electrons. The minimum atomic E-state index is 0.647. The summed E-state index contributed by atoms with van der Waals surface area (Å²) in [4.78, 5) is 0. The molecule has 0 fully saturated rings. The molecule has 1 aromatic carbocycles. The van der Waals surface area contributed by atoms with Crippen molar-refractivity contribution in [3.8, 4) is 11.5 Å². The van der Waals surface area contributed by atoms with E-state index in [0.717, 1.165) is 35.5 Å². The molecule has 0 saturated heterocycles. The van der Waals surface area contributed by atoms with E-state index in [2.05, 4.69) is 34.2 Å². The van der Waals surface area contributed by atoms with Crippen molar-refractivity contribution in [3.63, 3.8) is 0 Å². The fourth-order valence-electron chi connectivity index (χ4n) is 2.05. The molecule has 0 aliphatic heterocycles. The Morgan fingerprint density at radius 3 is 2.25 bits per heavy atom. The van der Waals surface area contributed by atoms with Crippen molar-refractivity contribution in [2.75, 3.05) is 26.3 Å². The van der Waals surface area contributed by atoms with Crippen LogP contribution in [-0.2, 0) is 6.42 Å². The predicted molar refractivity (Wildman–Crippen MR) is 88.0 cm³/mol. The van der Waals surface area contributed by atoms with Crippen LogP contribution >= 0.6 is 15.9 Å². The van der Waals surface area contributed by atoms with Crippen LogP contribution in [0.15, 0.2) is 16.6 Å². The second-order valence-corrected chi connectivity index (χ2v) is 5.42. The average Bonchev–Trinajstić information content (AvgIpc) is 2.43. The molecule has 0 bridgehead atoms. The maximum absolute atomic E-state index is 5.67. The lowest BCUT2D eigenvalue weighted by atomic mass is 10.1. The van der Waals surface area contributed by atoms with Crippen LogP contribution in [0.25, 0.3) is 0 Å². The van der Waals surface area contributed by atoms with Gasteiger partial charge in [0.05, 0.1) is 13.2 Å². The second-order valence-electron chi connectivity index (χ2n) is 4.57. The molecule has 20 heavy (non-hydrogen) atoms. The highest BCUT2D eigenvalue weighted by atomic mass is 79.9. The number of halogens is 1. The molecular formula is C16H26BrNO2. The van der Waals surface area contributed by atoms with E-state index in [1.165, 1.54) is 18.4 Å². The van der Waals surface area contributed by atoms with Crippen LogP contribution in [0.2, 0.25) is 0 Å². The number of ether oxygens (including phenoxy) is 2. The smallest absolute Gasteiger partial charge is 0.162 e. The number of nitrogens with one attached hydrogen (secondary N) is 1. The summed E-state index contributed by atoms with van der Waals surface area (Å²) in [6.45, 7) is 9.55. The molecule has 0 atom stereocenters.